The Kier molecular flexibility index (Phi) is 5.89. The van der Waals surface area contributed by atoms with Crippen LogP contribution in [0.15, 0.2) is 18.2 Å². The minimum atomic E-state index is -0.588. The average molecular weight is 322 g/mol. The van der Waals surface area contributed by atoms with Gasteiger partial charge >= 0.3 is 0 Å². The summed E-state index contributed by atoms with van der Waals surface area (Å²) in [7, 11) is 1.67. The van der Waals surface area contributed by atoms with Gasteiger partial charge in [-0.2, -0.15) is 0 Å². The Labute approximate surface area is 134 Å². The number of nitro groups is 1. The maximum atomic E-state index is 12.2. The molecule has 126 valence electrons. The summed E-state index contributed by atoms with van der Waals surface area (Å²) in [6, 6.07) is 4.36. The standard InChI is InChI=1S/C15H22N4O4/c1-23-8-7-18-6-2-3-12(18)10-17-15(20)11-4-5-13(16)14(9-11)19(21)22/h4-5,9,12H,2-3,6-8,10,16H2,1H3,(H,17,20)/t12-/m0/s1. The summed E-state index contributed by atoms with van der Waals surface area (Å²) < 4.78 is 5.09. The number of ether oxygens (including phenoxy) is 1. The number of nitrogens with one attached hydrogen (secondary N) is 1. The van der Waals surface area contributed by atoms with Gasteiger partial charge in [-0.25, -0.2) is 0 Å². The predicted octanol–water partition coefficient (Wildman–Crippen LogP) is 1.02. The molecule has 0 aromatic heterocycles. The molecule has 0 saturated carbocycles. The van der Waals surface area contributed by atoms with Gasteiger partial charge < -0.3 is 15.8 Å². The van der Waals surface area contributed by atoms with Crippen molar-refractivity contribution in [2.45, 2.75) is 18.9 Å². The minimum absolute atomic E-state index is 0.0492. The molecular weight excluding hydrogens is 300 g/mol. The highest BCUT2D eigenvalue weighted by Crippen LogP contribution is 2.22. The van der Waals surface area contributed by atoms with Crippen LogP contribution in [0.4, 0.5) is 11.4 Å². The summed E-state index contributed by atoms with van der Waals surface area (Å²) in [4.78, 5) is 24.8. The lowest BCUT2D eigenvalue weighted by molar-refractivity contribution is -0.383. The van der Waals surface area contributed by atoms with Gasteiger partial charge in [-0.1, -0.05) is 0 Å². The van der Waals surface area contributed by atoms with Crippen LogP contribution in [-0.2, 0) is 4.74 Å². The monoisotopic (exact) mass is 322 g/mol. The number of nitrogen functional groups attached to an aromatic ring is 1. The van der Waals surface area contributed by atoms with Gasteiger partial charge in [-0.05, 0) is 31.5 Å². The number of carbonyl (C=O) groups is 1. The number of amides is 1. The van der Waals surface area contributed by atoms with E-state index in [1.807, 2.05) is 0 Å². The molecule has 0 aliphatic carbocycles. The highest BCUT2D eigenvalue weighted by molar-refractivity contribution is 5.95. The van der Waals surface area contributed by atoms with Gasteiger partial charge in [0.15, 0.2) is 0 Å². The van der Waals surface area contributed by atoms with Crippen molar-refractivity contribution in [1.29, 1.82) is 0 Å². The highest BCUT2D eigenvalue weighted by atomic mass is 16.6. The maximum absolute atomic E-state index is 12.2. The van der Waals surface area contributed by atoms with Gasteiger partial charge in [0, 0.05) is 37.9 Å². The molecule has 2 rings (SSSR count). The van der Waals surface area contributed by atoms with Crippen LogP contribution >= 0.6 is 0 Å². The van der Waals surface area contributed by atoms with E-state index in [2.05, 4.69) is 10.2 Å². The van der Waals surface area contributed by atoms with Crippen molar-refractivity contribution in [2.24, 2.45) is 0 Å². The van der Waals surface area contributed by atoms with E-state index in [1.165, 1.54) is 18.2 Å². The highest BCUT2D eigenvalue weighted by Gasteiger charge is 2.24. The van der Waals surface area contributed by atoms with Gasteiger partial charge in [0.25, 0.3) is 11.6 Å². The van der Waals surface area contributed by atoms with Crippen LogP contribution in [0.25, 0.3) is 0 Å². The number of carbonyl (C=O) groups excluding carboxylic acids is 1. The Morgan fingerprint density at radius 2 is 2.35 bits per heavy atom. The summed E-state index contributed by atoms with van der Waals surface area (Å²) in [5, 5.41) is 13.7. The number of rotatable bonds is 7. The Hall–Kier alpha value is -2.19. The number of likely N-dealkylation sites (tertiary alicyclic amines) is 1. The van der Waals surface area contributed by atoms with Gasteiger partial charge in [0.05, 0.1) is 11.5 Å². The third kappa shape index (κ3) is 4.40. The number of hydrogen-bond donors (Lipinski definition) is 2. The minimum Gasteiger partial charge on any atom is -0.393 e. The topological polar surface area (TPSA) is 111 Å². The third-order valence-corrected chi connectivity index (χ3v) is 4.07. The molecule has 1 fully saturated rings. The number of hydrogen-bond acceptors (Lipinski definition) is 6. The predicted molar refractivity (Wildman–Crippen MR) is 86.3 cm³/mol. The molecular formula is C15H22N4O4. The van der Waals surface area contributed by atoms with E-state index in [0.29, 0.717) is 13.2 Å². The number of benzene rings is 1. The first-order valence-electron chi connectivity index (χ1n) is 7.58. The number of methoxy groups -OCH3 is 1. The fraction of sp³-hybridized carbons (Fsp3) is 0.533. The van der Waals surface area contributed by atoms with Crippen molar-refractivity contribution in [3.8, 4) is 0 Å². The van der Waals surface area contributed by atoms with E-state index in [4.69, 9.17) is 10.5 Å². The van der Waals surface area contributed by atoms with E-state index in [-0.39, 0.29) is 28.9 Å². The van der Waals surface area contributed by atoms with Gasteiger partial charge in [0.2, 0.25) is 0 Å². The third-order valence-electron chi connectivity index (χ3n) is 4.07. The van der Waals surface area contributed by atoms with Crippen molar-refractivity contribution in [3.05, 3.63) is 33.9 Å². The SMILES string of the molecule is COCCN1CCC[C@H]1CNC(=O)c1ccc(N)c([N+](=O)[O-])c1. The summed E-state index contributed by atoms with van der Waals surface area (Å²) in [6.07, 6.45) is 2.11. The van der Waals surface area contributed by atoms with Crippen LogP contribution in [0, 0.1) is 10.1 Å². The molecule has 1 aliphatic rings. The summed E-state index contributed by atoms with van der Waals surface area (Å²) in [5.41, 5.74) is 5.58. The number of nitrogens with two attached hydrogens (primary N) is 1. The fourth-order valence-corrected chi connectivity index (χ4v) is 2.78. The molecule has 1 amide bonds. The molecule has 0 spiro atoms. The lowest BCUT2D eigenvalue weighted by Gasteiger charge is -2.24. The average Bonchev–Trinajstić information content (AvgIpc) is 2.98. The molecule has 0 bridgehead atoms. The molecule has 3 N–H and O–H groups in total. The number of nitro benzene ring substituents is 1. The smallest absolute Gasteiger partial charge is 0.292 e. The maximum Gasteiger partial charge on any atom is 0.292 e. The van der Waals surface area contributed by atoms with E-state index >= 15 is 0 Å². The first-order valence-corrected chi connectivity index (χ1v) is 7.58. The molecule has 1 aromatic carbocycles. The largest absolute Gasteiger partial charge is 0.393 e. The Morgan fingerprint density at radius 1 is 1.57 bits per heavy atom. The van der Waals surface area contributed by atoms with E-state index in [0.717, 1.165) is 25.9 Å². The van der Waals surface area contributed by atoms with Crippen LogP contribution in [-0.4, -0.2) is 55.1 Å². The second-order valence-corrected chi connectivity index (χ2v) is 5.57. The van der Waals surface area contributed by atoms with Crippen molar-refractivity contribution in [3.63, 3.8) is 0 Å². The van der Waals surface area contributed by atoms with Gasteiger partial charge in [0.1, 0.15) is 5.69 Å². The zero-order valence-corrected chi connectivity index (χ0v) is 13.2. The molecule has 0 unspecified atom stereocenters. The van der Waals surface area contributed by atoms with Crippen LogP contribution < -0.4 is 11.1 Å². The van der Waals surface area contributed by atoms with Crippen molar-refractivity contribution in [1.82, 2.24) is 10.2 Å². The van der Waals surface area contributed by atoms with Crippen LogP contribution in [0.5, 0.6) is 0 Å². The summed E-state index contributed by atoms with van der Waals surface area (Å²) in [6.45, 7) is 3.01. The Bertz CT molecular complexity index is 579. The number of nitrogens with zero attached hydrogens (tertiary/aromatic N) is 2. The zero-order valence-electron chi connectivity index (χ0n) is 13.2. The fourth-order valence-electron chi connectivity index (χ4n) is 2.78. The molecule has 8 heteroatoms. The van der Waals surface area contributed by atoms with Crippen LogP contribution in [0.2, 0.25) is 0 Å². The molecule has 1 aromatic rings. The lowest BCUT2D eigenvalue weighted by atomic mass is 10.1. The van der Waals surface area contributed by atoms with Gasteiger partial charge in [-0.3, -0.25) is 19.8 Å². The molecule has 8 nitrogen and oxygen atoms in total. The molecule has 0 radical (unpaired) electrons. The molecule has 1 atom stereocenters. The summed E-state index contributed by atoms with van der Waals surface area (Å²) >= 11 is 0. The van der Waals surface area contributed by atoms with Crippen molar-refractivity contribution >= 4 is 17.3 Å². The zero-order chi connectivity index (χ0) is 16.8. The second kappa shape index (κ2) is 7.89. The number of anilines is 1. The van der Waals surface area contributed by atoms with Crippen LogP contribution in [0.1, 0.15) is 23.2 Å². The summed E-state index contributed by atoms with van der Waals surface area (Å²) in [5.74, 6) is -0.327. The molecule has 1 saturated heterocycles. The van der Waals surface area contributed by atoms with Crippen molar-refractivity contribution < 1.29 is 14.5 Å². The van der Waals surface area contributed by atoms with Crippen LogP contribution in [0.3, 0.4) is 0 Å². The van der Waals surface area contributed by atoms with E-state index in [9.17, 15) is 14.9 Å². The molecule has 1 heterocycles. The molecule has 1 aliphatic heterocycles. The van der Waals surface area contributed by atoms with Crippen molar-refractivity contribution in [2.75, 3.05) is 39.1 Å². The Balaban J connectivity index is 1.94. The first kappa shape index (κ1) is 17.2. The second-order valence-electron chi connectivity index (χ2n) is 5.57. The quantitative estimate of drug-likeness (QED) is 0.440. The van der Waals surface area contributed by atoms with E-state index < -0.39 is 4.92 Å². The lowest BCUT2D eigenvalue weighted by Crippen LogP contribution is -2.41. The Morgan fingerprint density at radius 3 is 3.04 bits per heavy atom. The van der Waals surface area contributed by atoms with E-state index in [1.54, 1.807) is 7.11 Å². The normalized spacial score (nSPS) is 18.0. The molecule has 23 heavy (non-hydrogen) atoms. The first-order chi connectivity index (χ1) is 11.0. The van der Waals surface area contributed by atoms with Gasteiger partial charge in [-0.15, -0.1) is 0 Å².